The molecule has 34 valence electrons. The molecular weight excluding hydrogens is 67.0 g/mol. The summed E-state index contributed by atoms with van der Waals surface area (Å²) in [5.41, 5.74) is 0. The number of hydrogen-bond acceptors (Lipinski definition) is 0. The van der Waals surface area contributed by atoms with Crippen LogP contribution in [0.15, 0.2) is 0 Å². The molecule has 0 nitrogen and oxygen atoms in total. The predicted octanol–water partition coefficient (Wildman–Crippen LogP) is 2.01. The van der Waals surface area contributed by atoms with Gasteiger partial charge in [-0.3, -0.25) is 0 Å². The Morgan fingerprint density at radius 2 is 2.00 bits per heavy atom. The van der Waals surface area contributed by atoms with Gasteiger partial charge >= 0.3 is 42.6 Å². The average Bonchev–Trinajstić information content (AvgIpc) is 1.41. The summed E-state index contributed by atoms with van der Waals surface area (Å²) >= 11 is 2.21. The van der Waals surface area contributed by atoms with Gasteiger partial charge in [-0.05, 0) is 0 Å². The fraction of sp³-hybridized carbons (Fsp3) is 1.00. The van der Waals surface area contributed by atoms with E-state index in [1.807, 2.05) is 0 Å². The summed E-state index contributed by atoms with van der Waals surface area (Å²) in [6, 6.07) is 0. The second-order valence-electron chi connectivity index (χ2n) is 1.35. The SMILES string of the molecule is C.[Li][CH2]CCC. The first-order valence-electron chi connectivity index (χ1n) is 2.41. The summed E-state index contributed by atoms with van der Waals surface area (Å²) in [4.78, 5) is 0. The summed E-state index contributed by atoms with van der Waals surface area (Å²) in [7, 11) is 0. The molecule has 0 amide bonds. The van der Waals surface area contributed by atoms with Gasteiger partial charge in [-0.1, -0.05) is 7.43 Å². The van der Waals surface area contributed by atoms with Gasteiger partial charge in [0, 0.05) is 0 Å². The molecule has 0 N–H and O–H groups in total. The third-order valence-corrected chi connectivity index (χ3v) is 0.707. The maximum absolute atomic E-state index is 2.21. The molecule has 0 radical (unpaired) electrons. The van der Waals surface area contributed by atoms with Gasteiger partial charge in [0.1, 0.15) is 0 Å². The van der Waals surface area contributed by atoms with E-state index in [0.29, 0.717) is 0 Å². The molecule has 0 atom stereocenters. The van der Waals surface area contributed by atoms with Crippen LogP contribution in [0.3, 0.4) is 0 Å². The van der Waals surface area contributed by atoms with E-state index in [1.165, 1.54) is 17.9 Å². The quantitative estimate of drug-likeness (QED) is 0.445. The second-order valence-corrected chi connectivity index (χ2v) is 1.35. The molecule has 0 heterocycles. The van der Waals surface area contributed by atoms with Crippen LogP contribution in [0.1, 0.15) is 27.2 Å². The minimum absolute atomic E-state index is 0. The van der Waals surface area contributed by atoms with Crippen molar-refractivity contribution in [3.05, 3.63) is 0 Å². The predicted molar refractivity (Wildman–Crippen MR) is 32.2 cm³/mol. The van der Waals surface area contributed by atoms with E-state index in [0.717, 1.165) is 0 Å². The third kappa shape index (κ3) is 8.82. The van der Waals surface area contributed by atoms with E-state index < -0.39 is 0 Å². The molecule has 0 rings (SSSR count). The Morgan fingerprint density at radius 3 is 2.00 bits per heavy atom. The van der Waals surface area contributed by atoms with Crippen molar-refractivity contribution in [2.75, 3.05) is 0 Å². The minimum atomic E-state index is 0. The van der Waals surface area contributed by atoms with Crippen molar-refractivity contribution in [1.82, 2.24) is 0 Å². The van der Waals surface area contributed by atoms with Gasteiger partial charge < -0.3 is 0 Å². The van der Waals surface area contributed by atoms with Crippen LogP contribution >= 0.6 is 0 Å². The molecule has 0 saturated heterocycles. The Labute approximate surface area is 50.5 Å². The molecule has 0 aliphatic heterocycles. The summed E-state index contributed by atoms with van der Waals surface area (Å²) < 4.78 is 0. The summed E-state index contributed by atoms with van der Waals surface area (Å²) in [6.45, 7) is 2.21. The van der Waals surface area contributed by atoms with Gasteiger partial charge in [-0.2, -0.15) is 0 Å². The first-order valence-corrected chi connectivity index (χ1v) is 2.41. The molecule has 0 aromatic carbocycles. The third-order valence-electron chi connectivity index (χ3n) is 0.707. The van der Waals surface area contributed by atoms with Crippen LogP contribution in [0, 0.1) is 0 Å². The normalized spacial score (nSPS) is 7.17. The average molecular weight is 80.1 g/mol. The van der Waals surface area contributed by atoms with Gasteiger partial charge in [0.2, 0.25) is 0 Å². The molecule has 0 aromatic heterocycles. The Balaban J connectivity index is 0. The van der Waals surface area contributed by atoms with Crippen molar-refractivity contribution in [1.29, 1.82) is 0 Å². The van der Waals surface area contributed by atoms with Crippen molar-refractivity contribution in [3.63, 3.8) is 0 Å². The summed E-state index contributed by atoms with van der Waals surface area (Å²) in [6.07, 6.45) is 2.73. The Hall–Kier alpha value is 0.597. The van der Waals surface area contributed by atoms with Gasteiger partial charge in [-0.25, -0.2) is 0 Å². The standard InChI is InChI=1S/C4H9.CH4.Li/c1-3-4-2;;/h1,3-4H2,2H3;1H4;. The molecule has 0 aliphatic rings. The fourth-order valence-corrected chi connectivity index (χ4v) is 0.354. The Morgan fingerprint density at radius 1 is 1.50 bits per heavy atom. The molecule has 0 aliphatic carbocycles. The second kappa shape index (κ2) is 9.14. The van der Waals surface area contributed by atoms with Gasteiger partial charge in [0.25, 0.3) is 0 Å². The van der Waals surface area contributed by atoms with Gasteiger partial charge in [-0.15, -0.1) is 0 Å². The molecule has 0 spiro atoms. The van der Waals surface area contributed by atoms with E-state index in [9.17, 15) is 0 Å². The van der Waals surface area contributed by atoms with E-state index >= 15 is 0 Å². The van der Waals surface area contributed by atoms with Crippen LogP contribution in [0.4, 0.5) is 0 Å². The van der Waals surface area contributed by atoms with Crippen molar-refractivity contribution in [2.24, 2.45) is 0 Å². The monoisotopic (exact) mass is 80.1 g/mol. The van der Waals surface area contributed by atoms with Crippen LogP contribution in [-0.4, -0.2) is 17.7 Å². The number of hydrogen-bond donors (Lipinski definition) is 0. The number of rotatable bonds is 2. The van der Waals surface area contributed by atoms with E-state index in [4.69, 9.17) is 0 Å². The maximum atomic E-state index is 2.21. The van der Waals surface area contributed by atoms with Gasteiger partial charge in [0.15, 0.2) is 0 Å². The Bertz CT molecular complexity index is 11.4. The van der Waals surface area contributed by atoms with Crippen LogP contribution in [0.25, 0.3) is 0 Å². The number of unbranched alkanes of at least 4 members (excludes halogenated alkanes) is 1. The molecule has 0 aromatic rings. The van der Waals surface area contributed by atoms with E-state index in [2.05, 4.69) is 24.6 Å². The summed E-state index contributed by atoms with van der Waals surface area (Å²) in [5.74, 6) is 0. The van der Waals surface area contributed by atoms with E-state index in [-0.39, 0.29) is 7.43 Å². The zero-order chi connectivity index (χ0) is 4.12. The molecule has 1 heteroatoms. The topological polar surface area (TPSA) is 0 Å². The van der Waals surface area contributed by atoms with Crippen molar-refractivity contribution >= 4 is 17.7 Å². The van der Waals surface area contributed by atoms with Crippen LogP contribution in [0.5, 0.6) is 0 Å². The first-order chi connectivity index (χ1) is 2.41. The Kier molecular flexibility index (Phi) is 14.9. The first kappa shape index (κ1) is 9.78. The fourth-order valence-electron chi connectivity index (χ4n) is 0.354. The molecule has 0 unspecified atom stereocenters. The van der Waals surface area contributed by atoms with Gasteiger partial charge in [0.05, 0.1) is 0 Å². The molecule has 6 heavy (non-hydrogen) atoms. The zero-order valence-corrected chi connectivity index (χ0v) is 4.12. The zero-order valence-electron chi connectivity index (χ0n) is 4.12. The molecule has 0 fully saturated rings. The molecule has 0 bridgehead atoms. The summed E-state index contributed by atoms with van der Waals surface area (Å²) in [5, 5.41) is 1.34. The van der Waals surface area contributed by atoms with Crippen LogP contribution < -0.4 is 0 Å². The molecule has 0 saturated carbocycles. The van der Waals surface area contributed by atoms with Crippen molar-refractivity contribution in [2.45, 2.75) is 32.3 Å². The molecular formula is C5H13Li. The van der Waals surface area contributed by atoms with E-state index in [1.54, 1.807) is 0 Å². The van der Waals surface area contributed by atoms with Crippen LogP contribution in [0.2, 0.25) is 5.09 Å². The van der Waals surface area contributed by atoms with Crippen molar-refractivity contribution < 1.29 is 0 Å². The van der Waals surface area contributed by atoms with Crippen molar-refractivity contribution in [3.8, 4) is 0 Å². The van der Waals surface area contributed by atoms with Crippen LogP contribution in [-0.2, 0) is 0 Å².